The summed E-state index contributed by atoms with van der Waals surface area (Å²) in [5, 5.41) is 21.5. The fourth-order valence-corrected chi connectivity index (χ4v) is 8.59. The average molecular weight is 823 g/mol. The maximum Gasteiger partial charge on any atom is 0.420 e. The van der Waals surface area contributed by atoms with Crippen molar-refractivity contribution >= 4 is 43.6 Å². The molecule has 0 aliphatic heterocycles. The molecule has 0 saturated carbocycles. The highest BCUT2D eigenvalue weighted by Crippen LogP contribution is 2.47. The van der Waals surface area contributed by atoms with Gasteiger partial charge in [0.05, 0.1) is 62.3 Å². The number of benzene rings is 8. The number of fused-ring (bicyclic) bond motifs is 6. The highest BCUT2D eigenvalue weighted by molar-refractivity contribution is 6.12. The van der Waals surface area contributed by atoms with Gasteiger partial charge in [-0.15, -0.1) is 0 Å². The summed E-state index contributed by atoms with van der Waals surface area (Å²) in [6.07, 6.45) is -9.71. The van der Waals surface area contributed by atoms with Gasteiger partial charge in [-0.05, 0) is 106 Å². The molecule has 0 amide bonds. The van der Waals surface area contributed by atoms with Crippen LogP contribution in [0.15, 0.2) is 170 Å². The van der Waals surface area contributed by atoms with Crippen molar-refractivity contribution in [1.29, 1.82) is 10.5 Å². The lowest BCUT2D eigenvalue weighted by Gasteiger charge is -2.23. The summed E-state index contributed by atoms with van der Waals surface area (Å²) in [6, 6.07) is 50.5. The van der Waals surface area contributed by atoms with Gasteiger partial charge in [-0.3, -0.25) is 0 Å². The Morgan fingerprint density at radius 3 is 1.21 bits per heavy atom. The highest BCUT2D eigenvalue weighted by atomic mass is 19.4. The fourth-order valence-electron chi connectivity index (χ4n) is 8.59. The zero-order valence-electron chi connectivity index (χ0n) is 32.2. The van der Waals surface area contributed by atoms with E-state index in [1.54, 1.807) is 106 Å². The first-order valence-corrected chi connectivity index (χ1v) is 19.4. The molecule has 0 N–H and O–H groups in total. The van der Waals surface area contributed by atoms with Crippen LogP contribution in [0.1, 0.15) is 22.3 Å². The van der Waals surface area contributed by atoms with Crippen LogP contribution in [0.5, 0.6) is 0 Å². The minimum absolute atomic E-state index is 0.0779. The minimum Gasteiger partial charge on any atom is -0.309 e. The second-order valence-corrected chi connectivity index (χ2v) is 15.0. The molecular weight excluding hydrogens is 795 g/mol. The minimum atomic E-state index is -5.00. The summed E-state index contributed by atoms with van der Waals surface area (Å²) in [6.45, 7) is 0. The van der Waals surface area contributed by atoms with Crippen LogP contribution in [0, 0.1) is 22.7 Å². The normalized spacial score (nSPS) is 12.0. The van der Waals surface area contributed by atoms with Gasteiger partial charge in [-0.2, -0.15) is 36.9 Å². The molecule has 0 aliphatic rings. The largest absolute Gasteiger partial charge is 0.420 e. The Kier molecular flexibility index (Phi) is 8.79. The van der Waals surface area contributed by atoms with Crippen molar-refractivity contribution in [3.05, 3.63) is 192 Å². The van der Waals surface area contributed by atoms with Crippen LogP contribution in [0.3, 0.4) is 0 Å². The third-order valence-electron chi connectivity index (χ3n) is 11.4. The van der Waals surface area contributed by atoms with E-state index in [2.05, 4.69) is 12.1 Å². The van der Waals surface area contributed by atoms with E-state index in [1.165, 1.54) is 24.3 Å². The summed E-state index contributed by atoms with van der Waals surface area (Å²) in [5.41, 5.74) is 3.28. The molecule has 2 heterocycles. The second-order valence-electron chi connectivity index (χ2n) is 15.0. The number of aromatic nitrogens is 2. The lowest BCUT2D eigenvalue weighted by molar-refractivity contribution is -0.138. The molecule has 0 unspecified atom stereocenters. The number of para-hydroxylation sites is 2. The molecule has 4 nitrogen and oxygen atoms in total. The summed E-state index contributed by atoms with van der Waals surface area (Å²) in [5.74, 6) is 0. The second kappa shape index (κ2) is 14.3. The van der Waals surface area contributed by atoms with Gasteiger partial charge in [-0.1, -0.05) is 97.1 Å². The number of hydrogen-bond acceptors (Lipinski definition) is 2. The summed E-state index contributed by atoms with van der Waals surface area (Å²) < 4.78 is 95.2. The van der Waals surface area contributed by atoms with Crippen LogP contribution in [0.4, 0.5) is 26.3 Å². The molecule has 10 rings (SSSR count). The molecule has 10 heteroatoms. The van der Waals surface area contributed by atoms with Crippen molar-refractivity contribution < 1.29 is 26.3 Å². The van der Waals surface area contributed by atoms with E-state index in [4.69, 9.17) is 0 Å². The van der Waals surface area contributed by atoms with Crippen molar-refractivity contribution in [2.45, 2.75) is 12.4 Å². The molecule has 0 radical (unpaired) electrons. The van der Waals surface area contributed by atoms with Gasteiger partial charge in [0.25, 0.3) is 0 Å². The van der Waals surface area contributed by atoms with Crippen LogP contribution in [-0.4, -0.2) is 9.13 Å². The first kappa shape index (κ1) is 38.1. The zero-order chi connectivity index (χ0) is 42.9. The zero-order valence-corrected chi connectivity index (χ0v) is 32.2. The molecule has 0 atom stereocenters. The molecule has 2 aromatic heterocycles. The van der Waals surface area contributed by atoms with E-state index in [-0.39, 0.29) is 22.5 Å². The Morgan fingerprint density at radius 1 is 0.355 bits per heavy atom. The summed E-state index contributed by atoms with van der Waals surface area (Å²) in [7, 11) is 0. The molecular formula is C52H28F6N4. The number of rotatable bonds is 5. The Bertz CT molecular complexity index is 3310. The van der Waals surface area contributed by atoms with Crippen molar-refractivity contribution in [3.63, 3.8) is 0 Å². The predicted molar refractivity (Wildman–Crippen MR) is 231 cm³/mol. The highest BCUT2D eigenvalue weighted by Gasteiger charge is 2.40. The lowest BCUT2D eigenvalue weighted by atomic mass is 9.97. The van der Waals surface area contributed by atoms with Gasteiger partial charge >= 0.3 is 12.4 Å². The summed E-state index contributed by atoms with van der Waals surface area (Å²) in [4.78, 5) is 0. The number of nitrogens with zero attached hydrogens (tertiary/aromatic N) is 4. The molecule has 298 valence electrons. The predicted octanol–water partition coefficient (Wildman–Crippen LogP) is 14.7. The number of hydrogen-bond donors (Lipinski definition) is 0. The molecule has 0 fully saturated rings. The SMILES string of the molecule is N#Cc1ccc(-c2ccc3c4ccccc4n(-c4cc(-c5cccc(C(F)(F)F)c5)cc(-n5c6ccccc6c6ccc(-c7ccc(C#N)cc7)cc65)c4C(F)(F)F)c3c2)cc1. The third kappa shape index (κ3) is 6.32. The monoisotopic (exact) mass is 822 g/mol. The van der Waals surface area contributed by atoms with Crippen LogP contribution in [0.2, 0.25) is 0 Å². The Labute approximate surface area is 350 Å². The van der Waals surface area contributed by atoms with E-state index in [9.17, 15) is 23.7 Å². The number of halogens is 6. The van der Waals surface area contributed by atoms with E-state index >= 15 is 13.2 Å². The van der Waals surface area contributed by atoms with Gasteiger partial charge in [0.2, 0.25) is 0 Å². The molecule has 62 heavy (non-hydrogen) atoms. The van der Waals surface area contributed by atoms with Gasteiger partial charge < -0.3 is 9.13 Å². The number of alkyl halides is 6. The van der Waals surface area contributed by atoms with Gasteiger partial charge in [0.1, 0.15) is 5.56 Å². The standard InChI is InChI=1S/C52H28F6N4/c53-51(54,55)39-7-5-6-35(24-39)38-27-48(61-44-10-3-1-8-40(44)42-22-20-36(25-46(42)61)33-16-12-31(29-59)13-17-33)50(52(56,57)58)49(28-38)62-45-11-4-2-9-41(45)43-23-21-37(26-47(43)62)34-18-14-32(30-60)15-19-34/h1-28H. The Balaban J connectivity index is 1.35. The van der Waals surface area contributed by atoms with Crippen molar-refractivity contribution in [1.82, 2.24) is 9.13 Å². The molecule has 0 spiro atoms. The molecule has 0 saturated heterocycles. The van der Waals surface area contributed by atoms with E-state index < -0.39 is 23.5 Å². The number of nitriles is 2. The smallest absolute Gasteiger partial charge is 0.309 e. The van der Waals surface area contributed by atoms with E-state index in [0.29, 0.717) is 65.9 Å². The van der Waals surface area contributed by atoms with E-state index in [0.717, 1.165) is 23.3 Å². The van der Waals surface area contributed by atoms with Crippen LogP contribution < -0.4 is 0 Å². The molecule has 0 aliphatic carbocycles. The van der Waals surface area contributed by atoms with Crippen molar-refractivity contribution in [3.8, 4) is 56.9 Å². The summed E-state index contributed by atoms with van der Waals surface area (Å²) >= 11 is 0. The van der Waals surface area contributed by atoms with Gasteiger partial charge in [0, 0.05) is 21.5 Å². The average Bonchev–Trinajstić information content (AvgIpc) is 3.80. The van der Waals surface area contributed by atoms with Crippen molar-refractivity contribution in [2.75, 3.05) is 0 Å². The van der Waals surface area contributed by atoms with Crippen LogP contribution >= 0.6 is 0 Å². The van der Waals surface area contributed by atoms with Crippen molar-refractivity contribution in [2.24, 2.45) is 0 Å². The fraction of sp³-hybridized carbons (Fsp3) is 0.0385. The first-order chi connectivity index (χ1) is 29.9. The maximum absolute atomic E-state index is 16.5. The topological polar surface area (TPSA) is 57.4 Å². The quantitative estimate of drug-likeness (QED) is 0.162. The van der Waals surface area contributed by atoms with E-state index in [1.807, 2.05) is 36.4 Å². The third-order valence-corrected chi connectivity index (χ3v) is 11.4. The van der Waals surface area contributed by atoms with Crippen LogP contribution in [0.25, 0.3) is 88.4 Å². The molecule has 8 aromatic carbocycles. The maximum atomic E-state index is 16.5. The van der Waals surface area contributed by atoms with Gasteiger partial charge in [0.15, 0.2) is 0 Å². The lowest BCUT2D eigenvalue weighted by Crippen LogP contribution is -2.16. The molecule has 10 aromatic rings. The Morgan fingerprint density at radius 2 is 0.774 bits per heavy atom. The van der Waals surface area contributed by atoms with Gasteiger partial charge in [-0.25, -0.2) is 0 Å². The Hall–Kier alpha value is -8.08. The van der Waals surface area contributed by atoms with Crippen LogP contribution in [-0.2, 0) is 12.4 Å². The molecule has 0 bridgehead atoms. The first-order valence-electron chi connectivity index (χ1n) is 19.4.